The number of ether oxygens (including phenoxy) is 1. The molecule has 0 spiro atoms. The largest absolute Gasteiger partial charge is 0.459 e. The lowest BCUT2D eigenvalue weighted by Gasteiger charge is -2.33. The van der Waals surface area contributed by atoms with E-state index in [1.165, 1.54) is 0 Å². The Morgan fingerprint density at radius 2 is 2.20 bits per heavy atom. The van der Waals surface area contributed by atoms with Crippen LogP contribution in [0.15, 0.2) is 0 Å². The molecule has 4 heteroatoms. The zero-order chi connectivity index (χ0) is 11.5. The van der Waals surface area contributed by atoms with Crippen LogP contribution in [-0.4, -0.2) is 48.7 Å². The van der Waals surface area contributed by atoms with E-state index in [0.29, 0.717) is 12.6 Å². The normalized spacial score (nSPS) is 23.9. The second-order valence-electron chi connectivity index (χ2n) is 5.11. The fourth-order valence-electron chi connectivity index (χ4n) is 1.66. The molecule has 0 aromatic carbocycles. The van der Waals surface area contributed by atoms with Gasteiger partial charge < -0.3 is 10.1 Å². The van der Waals surface area contributed by atoms with Crippen LogP contribution in [0, 0.1) is 0 Å². The van der Waals surface area contributed by atoms with Crippen molar-refractivity contribution in [3.8, 4) is 0 Å². The van der Waals surface area contributed by atoms with Gasteiger partial charge in [-0.1, -0.05) is 0 Å². The van der Waals surface area contributed by atoms with E-state index < -0.39 is 0 Å². The van der Waals surface area contributed by atoms with E-state index in [4.69, 9.17) is 4.74 Å². The molecule has 4 nitrogen and oxygen atoms in total. The fourth-order valence-corrected chi connectivity index (χ4v) is 1.66. The molecule has 1 fully saturated rings. The summed E-state index contributed by atoms with van der Waals surface area (Å²) in [6, 6.07) is 0.409. The van der Waals surface area contributed by atoms with Gasteiger partial charge in [-0.25, -0.2) is 0 Å². The first kappa shape index (κ1) is 12.5. The summed E-state index contributed by atoms with van der Waals surface area (Å²) in [5.41, 5.74) is -0.381. The Bertz CT molecular complexity index is 223. The number of hydrogen-bond acceptors (Lipinski definition) is 4. The lowest BCUT2D eigenvalue weighted by atomic mass is 10.2. The summed E-state index contributed by atoms with van der Waals surface area (Å²) in [5.74, 6) is -0.128. The minimum absolute atomic E-state index is 0.128. The van der Waals surface area contributed by atoms with Crippen LogP contribution in [0.25, 0.3) is 0 Å². The third-order valence-corrected chi connectivity index (χ3v) is 2.39. The van der Waals surface area contributed by atoms with Crippen LogP contribution in [0.5, 0.6) is 0 Å². The molecule has 0 bridgehead atoms. The van der Waals surface area contributed by atoms with Crippen molar-refractivity contribution in [1.29, 1.82) is 0 Å². The molecule has 1 aliphatic heterocycles. The number of nitrogens with one attached hydrogen (secondary N) is 1. The van der Waals surface area contributed by atoms with Crippen molar-refractivity contribution in [3.63, 3.8) is 0 Å². The van der Waals surface area contributed by atoms with Crippen LogP contribution in [0.2, 0.25) is 0 Å². The highest BCUT2D eigenvalue weighted by Gasteiger charge is 2.23. The zero-order valence-electron chi connectivity index (χ0n) is 10.2. The minimum Gasteiger partial charge on any atom is -0.459 e. The van der Waals surface area contributed by atoms with Crippen molar-refractivity contribution in [1.82, 2.24) is 10.2 Å². The number of rotatable bonds is 2. The number of hydrogen-bond donors (Lipinski definition) is 1. The highest BCUT2D eigenvalue weighted by atomic mass is 16.6. The molecule has 1 saturated heterocycles. The maximum Gasteiger partial charge on any atom is 0.320 e. The Labute approximate surface area is 92.0 Å². The van der Waals surface area contributed by atoms with Crippen molar-refractivity contribution < 1.29 is 9.53 Å². The Hall–Kier alpha value is -0.610. The molecular weight excluding hydrogens is 192 g/mol. The first-order chi connectivity index (χ1) is 6.88. The molecule has 0 aliphatic carbocycles. The Balaban J connectivity index is 2.36. The van der Waals surface area contributed by atoms with Crippen molar-refractivity contribution in [2.45, 2.75) is 39.3 Å². The Kier molecular flexibility index (Phi) is 4.11. The lowest BCUT2D eigenvalue weighted by molar-refractivity contribution is -0.156. The van der Waals surface area contributed by atoms with Gasteiger partial charge in [0.25, 0.3) is 0 Å². The third kappa shape index (κ3) is 4.62. The summed E-state index contributed by atoms with van der Waals surface area (Å²) in [5, 5.41) is 3.29. The van der Waals surface area contributed by atoms with E-state index in [-0.39, 0.29) is 11.6 Å². The maximum atomic E-state index is 11.6. The van der Waals surface area contributed by atoms with Gasteiger partial charge in [-0.05, 0) is 27.7 Å². The lowest BCUT2D eigenvalue weighted by Crippen LogP contribution is -2.51. The van der Waals surface area contributed by atoms with Gasteiger partial charge >= 0.3 is 5.97 Å². The summed E-state index contributed by atoms with van der Waals surface area (Å²) in [7, 11) is 0. The van der Waals surface area contributed by atoms with Crippen LogP contribution in [0.4, 0.5) is 0 Å². The summed E-state index contributed by atoms with van der Waals surface area (Å²) in [6.45, 7) is 11.0. The molecular formula is C11H22N2O2. The number of carbonyl (C=O) groups is 1. The average Bonchev–Trinajstić information content (AvgIpc) is 2.05. The smallest absolute Gasteiger partial charge is 0.320 e. The fraction of sp³-hybridized carbons (Fsp3) is 0.909. The molecule has 15 heavy (non-hydrogen) atoms. The first-order valence-electron chi connectivity index (χ1n) is 5.55. The van der Waals surface area contributed by atoms with Gasteiger partial charge in [0, 0.05) is 25.7 Å². The summed E-state index contributed by atoms with van der Waals surface area (Å²) in [4.78, 5) is 13.7. The summed E-state index contributed by atoms with van der Waals surface area (Å²) < 4.78 is 5.29. The standard InChI is InChI=1S/C11H22N2O2/c1-9-7-12-5-6-13(9)8-10(14)15-11(2,3)4/h9,12H,5-8H2,1-4H3. The number of esters is 1. The number of nitrogens with zero attached hydrogens (tertiary/aromatic N) is 1. The van der Waals surface area contributed by atoms with Crippen LogP contribution in [0.1, 0.15) is 27.7 Å². The van der Waals surface area contributed by atoms with Crippen LogP contribution in [-0.2, 0) is 9.53 Å². The highest BCUT2D eigenvalue weighted by molar-refractivity contribution is 5.72. The van der Waals surface area contributed by atoms with Gasteiger partial charge in [0.2, 0.25) is 0 Å². The molecule has 88 valence electrons. The van der Waals surface area contributed by atoms with Crippen LogP contribution < -0.4 is 5.32 Å². The first-order valence-corrected chi connectivity index (χ1v) is 5.55. The molecule has 0 saturated carbocycles. The second kappa shape index (κ2) is 4.94. The molecule has 1 unspecified atom stereocenters. The van der Waals surface area contributed by atoms with Gasteiger partial charge in [-0.15, -0.1) is 0 Å². The molecule has 0 aromatic rings. The molecule has 0 radical (unpaired) electrons. The Morgan fingerprint density at radius 3 is 2.73 bits per heavy atom. The van der Waals surface area contributed by atoms with Crippen LogP contribution >= 0.6 is 0 Å². The topological polar surface area (TPSA) is 41.6 Å². The zero-order valence-corrected chi connectivity index (χ0v) is 10.2. The highest BCUT2D eigenvalue weighted by Crippen LogP contribution is 2.09. The molecule has 1 heterocycles. The van der Waals surface area contributed by atoms with Gasteiger partial charge in [-0.3, -0.25) is 9.69 Å². The number of piperazine rings is 1. The predicted molar refractivity (Wildman–Crippen MR) is 59.7 cm³/mol. The third-order valence-electron chi connectivity index (χ3n) is 2.39. The van der Waals surface area contributed by atoms with E-state index in [2.05, 4.69) is 17.1 Å². The van der Waals surface area contributed by atoms with E-state index >= 15 is 0 Å². The van der Waals surface area contributed by atoms with Crippen molar-refractivity contribution in [2.75, 3.05) is 26.2 Å². The van der Waals surface area contributed by atoms with Crippen molar-refractivity contribution >= 4 is 5.97 Å². The molecule has 1 rings (SSSR count). The van der Waals surface area contributed by atoms with Gasteiger partial charge in [0.1, 0.15) is 5.60 Å². The molecule has 0 aromatic heterocycles. The van der Waals surface area contributed by atoms with E-state index in [0.717, 1.165) is 19.6 Å². The Morgan fingerprint density at radius 1 is 1.53 bits per heavy atom. The quantitative estimate of drug-likeness (QED) is 0.684. The van der Waals surface area contributed by atoms with E-state index in [1.807, 2.05) is 20.8 Å². The van der Waals surface area contributed by atoms with Crippen molar-refractivity contribution in [3.05, 3.63) is 0 Å². The number of carbonyl (C=O) groups excluding carboxylic acids is 1. The van der Waals surface area contributed by atoms with Crippen molar-refractivity contribution in [2.24, 2.45) is 0 Å². The van der Waals surface area contributed by atoms with E-state index in [9.17, 15) is 4.79 Å². The summed E-state index contributed by atoms with van der Waals surface area (Å²) >= 11 is 0. The minimum atomic E-state index is -0.381. The maximum absolute atomic E-state index is 11.6. The van der Waals surface area contributed by atoms with Crippen LogP contribution in [0.3, 0.4) is 0 Å². The second-order valence-corrected chi connectivity index (χ2v) is 5.11. The van der Waals surface area contributed by atoms with E-state index in [1.54, 1.807) is 0 Å². The van der Waals surface area contributed by atoms with Gasteiger partial charge in [0.05, 0.1) is 6.54 Å². The molecule has 1 N–H and O–H groups in total. The summed E-state index contributed by atoms with van der Waals surface area (Å²) in [6.07, 6.45) is 0. The molecule has 1 aliphatic rings. The molecule has 0 amide bonds. The SMILES string of the molecule is CC1CNCCN1CC(=O)OC(C)(C)C. The van der Waals surface area contributed by atoms with Gasteiger partial charge in [0.15, 0.2) is 0 Å². The van der Waals surface area contributed by atoms with Gasteiger partial charge in [-0.2, -0.15) is 0 Å². The monoisotopic (exact) mass is 214 g/mol. The molecule has 1 atom stereocenters. The average molecular weight is 214 g/mol. The predicted octanol–water partition coefficient (Wildman–Crippen LogP) is 0.622.